The van der Waals surface area contributed by atoms with Gasteiger partial charge in [0.2, 0.25) is 5.91 Å². The first-order valence-electron chi connectivity index (χ1n) is 5.70. The summed E-state index contributed by atoms with van der Waals surface area (Å²) < 4.78 is 0. The van der Waals surface area contributed by atoms with Crippen LogP contribution in [0.2, 0.25) is 0 Å². The number of H-pyrrole nitrogens is 1. The van der Waals surface area contributed by atoms with Crippen LogP contribution in [0.4, 0.5) is 5.69 Å². The number of thioether (sulfide) groups is 1. The second kappa shape index (κ2) is 5.88. The lowest BCUT2D eigenvalue weighted by Crippen LogP contribution is -2.36. The van der Waals surface area contributed by atoms with Crippen molar-refractivity contribution in [3.8, 4) is 0 Å². The van der Waals surface area contributed by atoms with E-state index in [1.165, 1.54) is 0 Å². The van der Waals surface area contributed by atoms with Gasteiger partial charge in [-0.15, -0.1) is 0 Å². The minimum Gasteiger partial charge on any atom is -0.324 e. The van der Waals surface area contributed by atoms with Crippen LogP contribution in [-0.4, -0.2) is 34.2 Å². The Bertz CT molecular complexity index is 540. The van der Waals surface area contributed by atoms with E-state index in [0.29, 0.717) is 6.42 Å². The number of carbonyl (C=O) groups is 1. The number of nitrogens with zero attached hydrogens (tertiary/aromatic N) is 1. The Morgan fingerprint density at radius 2 is 2.44 bits per heavy atom. The first-order chi connectivity index (χ1) is 8.72. The summed E-state index contributed by atoms with van der Waals surface area (Å²) in [7, 11) is 0. The number of nitrogens with one attached hydrogen (secondary N) is 2. The maximum atomic E-state index is 11.9. The van der Waals surface area contributed by atoms with Gasteiger partial charge >= 0.3 is 0 Å². The van der Waals surface area contributed by atoms with Crippen LogP contribution in [0.15, 0.2) is 24.4 Å². The zero-order valence-electron chi connectivity index (χ0n) is 10.1. The summed E-state index contributed by atoms with van der Waals surface area (Å²) >= 11 is 1.68. The molecule has 0 fully saturated rings. The van der Waals surface area contributed by atoms with Crippen molar-refractivity contribution in [1.82, 2.24) is 10.2 Å². The van der Waals surface area contributed by atoms with Gasteiger partial charge in [-0.2, -0.15) is 16.9 Å². The Balaban J connectivity index is 2.09. The molecule has 0 bridgehead atoms. The van der Waals surface area contributed by atoms with Crippen LogP contribution < -0.4 is 11.1 Å². The Labute approximate surface area is 110 Å². The van der Waals surface area contributed by atoms with Crippen molar-refractivity contribution >= 4 is 34.3 Å². The van der Waals surface area contributed by atoms with E-state index in [-0.39, 0.29) is 5.91 Å². The van der Waals surface area contributed by atoms with Gasteiger partial charge in [0.1, 0.15) is 0 Å². The molecular weight excluding hydrogens is 248 g/mol. The average molecular weight is 264 g/mol. The molecule has 18 heavy (non-hydrogen) atoms. The van der Waals surface area contributed by atoms with Gasteiger partial charge in [-0.05, 0) is 30.6 Å². The van der Waals surface area contributed by atoms with Gasteiger partial charge in [0.05, 0.1) is 23.4 Å². The van der Waals surface area contributed by atoms with Crippen LogP contribution >= 0.6 is 11.8 Å². The Morgan fingerprint density at radius 1 is 1.61 bits per heavy atom. The number of anilines is 1. The highest BCUT2D eigenvalue weighted by Gasteiger charge is 2.14. The Hall–Kier alpha value is -1.53. The minimum absolute atomic E-state index is 0.155. The molecule has 1 aromatic carbocycles. The van der Waals surface area contributed by atoms with Crippen molar-refractivity contribution in [1.29, 1.82) is 0 Å². The predicted molar refractivity (Wildman–Crippen MR) is 75.7 cm³/mol. The summed E-state index contributed by atoms with van der Waals surface area (Å²) in [6.07, 6.45) is 4.36. The number of rotatable bonds is 5. The fourth-order valence-electron chi connectivity index (χ4n) is 1.68. The van der Waals surface area contributed by atoms with Crippen LogP contribution in [-0.2, 0) is 4.79 Å². The molecular formula is C12H16N4OS. The number of benzene rings is 1. The average Bonchev–Trinajstić information content (AvgIpc) is 2.85. The van der Waals surface area contributed by atoms with E-state index in [0.717, 1.165) is 22.3 Å². The fraction of sp³-hybridized carbons (Fsp3) is 0.333. The van der Waals surface area contributed by atoms with E-state index in [9.17, 15) is 4.79 Å². The van der Waals surface area contributed by atoms with Crippen molar-refractivity contribution in [3.05, 3.63) is 24.4 Å². The van der Waals surface area contributed by atoms with Gasteiger partial charge < -0.3 is 11.1 Å². The second-order valence-electron chi connectivity index (χ2n) is 4.01. The molecule has 2 rings (SSSR count). The summed E-state index contributed by atoms with van der Waals surface area (Å²) in [4.78, 5) is 11.9. The van der Waals surface area contributed by atoms with Crippen LogP contribution in [0.1, 0.15) is 6.42 Å². The highest BCUT2D eigenvalue weighted by Crippen LogP contribution is 2.21. The maximum Gasteiger partial charge on any atom is 0.241 e. The van der Waals surface area contributed by atoms with Crippen LogP contribution in [0.5, 0.6) is 0 Å². The molecule has 1 heterocycles. The van der Waals surface area contributed by atoms with Gasteiger partial charge in [-0.1, -0.05) is 6.07 Å². The molecule has 2 aromatic rings. The first-order valence-corrected chi connectivity index (χ1v) is 7.09. The quantitative estimate of drug-likeness (QED) is 0.765. The second-order valence-corrected chi connectivity index (χ2v) is 5.00. The third kappa shape index (κ3) is 2.83. The van der Waals surface area contributed by atoms with Crippen molar-refractivity contribution in [2.75, 3.05) is 17.3 Å². The predicted octanol–water partition coefficient (Wildman–Crippen LogP) is 1.58. The summed E-state index contributed by atoms with van der Waals surface area (Å²) in [5.41, 5.74) is 7.46. The molecule has 0 saturated carbocycles. The zero-order chi connectivity index (χ0) is 13.0. The molecule has 0 radical (unpaired) electrons. The molecule has 0 aliphatic rings. The third-order valence-corrected chi connectivity index (χ3v) is 3.36. The number of aromatic amines is 1. The SMILES string of the molecule is CSCC[C@H](N)C(=O)Nc1cccc2[nH]ncc12. The molecule has 96 valence electrons. The van der Waals surface area contributed by atoms with E-state index in [2.05, 4.69) is 15.5 Å². The van der Waals surface area contributed by atoms with Crippen molar-refractivity contribution in [2.24, 2.45) is 5.73 Å². The summed E-state index contributed by atoms with van der Waals surface area (Å²) in [5, 5.41) is 10.6. The van der Waals surface area contributed by atoms with Gasteiger partial charge in [-0.3, -0.25) is 9.89 Å². The fourth-order valence-corrected chi connectivity index (χ4v) is 2.17. The number of amides is 1. The van der Waals surface area contributed by atoms with Crippen molar-refractivity contribution in [3.63, 3.8) is 0 Å². The number of hydrogen-bond donors (Lipinski definition) is 3. The van der Waals surface area contributed by atoms with E-state index >= 15 is 0 Å². The van der Waals surface area contributed by atoms with E-state index in [1.54, 1.807) is 18.0 Å². The van der Waals surface area contributed by atoms with Crippen LogP contribution in [0, 0.1) is 0 Å². The number of carbonyl (C=O) groups excluding carboxylic acids is 1. The molecule has 1 aromatic heterocycles. The number of nitrogens with two attached hydrogens (primary N) is 1. The molecule has 0 aliphatic carbocycles. The minimum atomic E-state index is -0.473. The molecule has 1 atom stereocenters. The van der Waals surface area contributed by atoms with Crippen LogP contribution in [0.25, 0.3) is 10.9 Å². The topological polar surface area (TPSA) is 83.8 Å². The molecule has 0 aliphatic heterocycles. The number of hydrogen-bond acceptors (Lipinski definition) is 4. The van der Waals surface area contributed by atoms with Gasteiger partial charge in [0.15, 0.2) is 0 Å². The molecule has 5 nitrogen and oxygen atoms in total. The molecule has 1 amide bonds. The lowest BCUT2D eigenvalue weighted by molar-refractivity contribution is -0.117. The highest BCUT2D eigenvalue weighted by molar-refractivity contribution is 7.98. The molecule has 0 unspecified atom stereocenters. The zero-order valence-corrected chi connectivity index (χ0v) is 11.0. The van der Waals surface area contributed by atoms with Gasteiger partial charge in [0.25, 0.3) is 0 Å². The number of fused-ring (bicyclic) bond motifs is 1. The Kier molecular flexibility index (Phi) is 4.22. The lowest BCUT2D eigenvalue weighted by atomic mass is 10.2. The van der Waals surface area contributed by atoms with Crippen LogP contribution in [0.3, 0.4) is 0 Å². The summed E-state index contributed by atoms with van der Waals surface area (Å²) in [6, 6.07) is 5.14. The molecule has 0 spiro atoms. The standard InChI is InChI=1S/C12H16N4OS/c1-18-6-5-9(13)12(17)15-10-3-2-4-11-8(10)7-14-16-11/h2-4,7,9H,5-6,13H2,1H3,(H,14,16)(H,15,17)/t9-/m0/s1. The maximum absolute atomic E-state index is 11.9. The monoisotopic (exact) mass is 264 g/mol. The van der Waals surface area contributed by atoms with E-state index in [1.807, 2.05) is 24.5 Å². The van der Waals surface area contributed by atoms with Gasteiger partial charge in [0, 0.05) is 5.39 Å². The first kappa shape index (κ1) is 12.9. The molecule has 4 N–H and O–H groups in total. The molecule has 0 saturated heterocycles. The summed E-state index contributed by atoms with van der Waals surface area (Å²) in [6.45, 7) is 0. The summed E-state index contributed by atoms with van der Waals surface area (Å²) in [5.74, 6) is 0.725. The van der Waals surface area contributed by atoms with Gasteiger partial charge in [-0.25, -0.2) is 0 Å². The van der Waals surface area contributed by atoms with E-state index in [4.69, 9.17) is 5.73 Å². The normalized spacial score (nSPS) is 12.6. The Morgan fingerprint density at radius 3 is 3.22 bits per heavy atom. The van der Waals surface area contributed by atoms with Crippen molar-refractivity contribution < 1.29 is 4.79 Å². The third-order valence-electron chi connectivity index (χ3n) is 2.71. The number of aromatic nitrogens is 2. The lowest BCUT2D eigenvalue weighted by Gasteiger charge is -2.12. The molecule has 6 heteroatoms. The highest BCUT2D eigenvalue weighted by atomic mass is 32.2. The van der Waals surface area contributed by atoms with E-state index < -0.39 is 6.04 Å². The smallest absolute Gasteiger partial charge is 0.241 e. The van der Waals surface area contributed by atoms with Crippen molar-refractivity contribution in [2.45, 2.75) is 12.5 Å². The largest absolute Gasteiger partial charge is 0.324 e.